The van der Waals surface area contributed by atoms with Crippen LogP contribution in [0.25, 0.3) is 0 Å². The molecule has 2 aromatic carbocycles. The van der Waals surface area contributed by atoms with E-state index in [1.807, 2.05) is 26.2 Å². The monoisotopic (exact) mass is 671 g/mol. The van der Waals surface area contributed by atoms with Crippen molar-refractivity contribution in [2.45, 2.75) is 68.0 Å². The molecule has 2 bridgehead atoms. The van der Waals surface area contributed by atoms with Crippen molar-refractivity contribution in [3.63, 3.8) is 0 Å². The predicted molar refractivity (Wildman–Crippen MR) is 179 cm³/mol. The second kappa shape index (κ2) is 13.1. The van der Waals surface area contributed by atoms with Gasteiger partial charge in [0.25, 0.3) is 15.9 Å². The third-order valence-corrected chi connectivity index (χ3v) is 11.7. The molecular formula is C35H46ClN3O6S. The fraction of sp³-hybridized carbons (Fsp3) is 0.571. The molecule has 9 nitrogen and oxygen atoms in total. The van der Waals surface area contributed by atoms with Gasteiger partial charge in [-0.3, -0.25) is 4.79 Å². The van der Waals surface area contributed by atoms with Crippen molar-refractivity contribution in [1.29, 1.82) is 0 Å². The van der Waals surface area contributed by atoms with E-state index in [4.69, 9.17) is 25.8 Å². The SMILES string of the molecule is CN(C)CCO[C@@H]1C=CCOC(C)(C)C(=O)NS(=O)(=O)c2ccc3c(c2)N(C[C@@H]2CC[C@H]21)C[C@@]1(CCCc2cc(Cl)ccc21)CO3. The number of fused-ring (bicyclic) bond motifs is 4. The van der Waals surface area contributed by atoms with Gasteiger partial charge in [-0.2, -0.15) is 0 Å². The zero-order valence-electron chi connectivity index (χ0n) is 27.3. The van der Waals surface area contributed by atoms with E-state index >= 15 is 0 Å². The summed E-state index contributed by atoms with van der Waals surface area (Å²) in [5, 5.41) is 0.731. The average molecular weight is 672 g/mol. The Labute approximate surface area is 278 Å². The Morgan fingerprint density at radius 3 is 2.74 bits per heavy atom. The lowest BCUT2D eigenvalue weighted by Crippen LogP contribution is -2.50. The summed E-state index contributed by atoms with van der Waals surface area (Å²) in [7, 11) is -0.117. The summed E-state index contributed by atoms with van der Waals surface area (Å²) in [5.74, 6) is 0.527. The molecule has 6 rings (SSSR count). The third-order valence-electron chi connectivity index (χ3n) is 10.2. The highest BCUT2D eigenvalue weighted by atomic mass is 35.5. The summed E-state index contributed by atoms with van der Waals surface area (Å²) in [6.45, 7) is 6.59. The lowest BCUT2D eigenvalue weighted by atomic mass is 9.68. The summed E-state index contributed by atoms with van der Waals surface area (Å²) < 4.78 is 48.4. The van der Waals surface area contributed by atoms with Gasteiger partial charge in [0.1, 0.15) is 11.4 Å². The van der Waals surface area contributed by atoms with Gasteiger partial charge in [0.05, 0.1) is 36.5 Å². The maximum atomic E-state index is 13.6. The molecule has 1 saturated carbocycles. The van der Waals surface area contributed by atoms with Crippen molar-refractivity contribution >= 4 is 33.2 Å². The van der Waals surface area contributed by atoms with Crippen LogP contribution in [0, 0.1) is 11.8 Å². The van der Waals surface area contributed by atoms with Crippen molar-refractivity contribution in [3.05, 3.63) is 64.7 Å². The second-order valence-corrected chi connectivity index (χ2v) is 16.2. The minimum Gasteiger partial charge on any atom is -0.490 e. The van der Waals surface area contributed by atoms with Crippen LogP contribution >= 0.6 is 11.6 Å². The Kier molecular flexibility index (Phi) is 9.48. The van der Waals surface area contributed by atoms with Crippen LogP contribution < -0.4 is 14.4 Å². The van der Waals surface area contributed by atoms with Gasteiger partial charge in [0.2, 0.25) is 0 Å². The Balaban J connectivity index is 1.41. The smallest absolute Gasteiger partial charge is 0.265 e. The molecule has 250 valence electrons. The first-order valence-electron chi connectivity index (χ1n) is 16.3. The third kappa shape index (κ3) is 6.83. The number of hydrogen-bond acceptors (Lipinski definition) is 8. The predicted octanol–water partition coefficient (Wildman–Crippen LogP) is 4.96. The van der Waals surface area contributed by atoms with Gasteiger partial charge in [-0.05, 0) is 113 Å². The van der Waals surface area contributed by atoms with Crippen LogP contribution in [0.5, 0.6) is 5.75 Å². The number of rotatable bonds is 4. The van der Waals surface area contributed by atoms with Crippen LogP contribution in [0.1, 0.15) is 50.7 Å². The molecule has 2 aromatic rings. The highest BCUT2D eigenvalue weighted by Crippen LogP contribution is 2.47. The molecule has 4 aliphatic rings. The van der Waals surface area contributed by atoms with Crippen molar-refractivity contribution in [2.75, 3.05) is 58.5 Å². The van der Waals surface area contributed by atoms with E-state index in [0.29, 0.717) is 31.4 Å². The van der Waals surface area contributed by atoms with Gasteiger partial charge in [0.15, 0.2) is 0 Å². The number of halogens is 1. The molecule has 2 heterocycles. The molecule has 0 saturated heterocycles. The summed E-state index contributed by atoms with van der Waals surface area (Å²) in [6.07, 6.45) is 8.87. The molecule has 46 heavy (non-hydrogen) atoms. The number of anilines is 1. The van der Waals surface area contributed by atoms with E-state index in [1.54, 1.807) is 26.0 Å². The van der Waals surface area contributed by atoms with Crippen LogP contribution in [-0.2, 0) is 36.1 Å². The number of sulfonamides is 1. The molecular weight excluding hydrogens is 626 g/mol. The topological polar surface area (TPSA) is 97.4 Å². The summed E-state index contributed by atoms with van der Waals surface area (Å²) >= 11 is 6.43. The van der Waals surface area contributed by atoms with E-state index in [-0.39, 0.29) is 28.9 Å². The maximum absolute atomic E-state index is 13.6. The van der Waals surface area contributed by atoms with Crippen molar-refractivity contribution in [2.24, 2.45) is 11.8 Å². The Morgan fingerprint density at radius 2 is 1.98 bits per heavy atom. The zero-order valence-corrected chi connectivity index (χ0v) is 28.8. The molecule has 2 aliphatic heterocycles. The Bertz CT molecular complexity index is 1590. The number of nitrogens with one attached hydrogen (secondary N) is 1. The van der Waals surface area contributed by atoms with Crippen LogP contribution in [0.15, 0.2) is 53.4 Å². The highest BCUT2D eigenvalue weighted by molar-refractivity contribution is 7.90. The van der Waals surface area contributed by atoms with Crippen LogP contribution in [-0.4, -0.2) is 84.5 Å². The standard InChI is InChI=1S/C35H46ClN3O6S/c1-34(2)33(40)37-46(41,42)27-11-14-32-30(20-27)39(22-35(23-44-32)15-5-7-24-19-26(36)10-13-29(24)35)21-25-9-12-28(25)31(8-6-17-45-34)43-18-16-38(3)4/h6,8,10-11,13-14,19-20,25,28,31H,5,7,9,12,15-18,21-23H2,1-4H3,(H,37,40)/t25-,28+,31+,35-/m0/s1. The van der Waals surface area contributed by atoms with Crippen LogP contribution in [0.4, 0.5) is 5.69 Å². The Morgan fingerprint density at radius 1 is 1.15 bits per heavy atom. The lowest BCUT2D eigenvalue weighted by Gasteiger charge is -2.46. The van der Waals surface area contributed by atoms with E-state index in [9.17, 15) is 13.2 Å². The summed E-state index contributed by atoms with van der Waals surface area (Å²) in [6, 6.07) is 11.1. The van der Waals surface area contributed by atoms with Crippen molar-refractivity contribution < 1.29 is 27.4 Å². The molecule has 0 unspecified atom stereocenters. The molecule has 0 aromatic heterocycles. The number of carbonyl (C=O) groups is 1. The summed E-state index contributed by atoms with van der Waals surface area (Å²) in [4.78, 5) is 17.7. The van der Waals surface area contributed by atoms with Gasteiger partial charge in [0, 0.05) is 30.1 Å². The molecule has 1 N–H and O–H groups in total. The normalized spacial score (nSPS) is 28.8. The Hall–Kier alpha value is -2.63. The van der Waals surface area contributed by atoms with Crippen LogP contribution in [0.3, 0.4) is 0 Å². The van der Waals surface area contributed by atoms with Gasteiger partial charge < -0.3 is 24.0 Å². The first-order chi connectivity index (χ1) is 21.9. The average Bonchev–Trinajstić information content (AvgIpc) is 3.13. The van der Waals surface area contributed by atoms with Crippen molar-refractivity contribution in [3.8, 4) is 5.75 Å². The number of amides is 1. The first kappa shape index (κ1) is 33.3. The number of nitrogens with zero attached hydrogens (tertiary/aromatic N) is 2. The second-order valence-electron chi connectivity index (χ2n) is 14.1. The highest BCUT2D eigenvalue weighted by Gasteiger charge is 2.45. The minimum atomic E-state index is -4.18. The zero-order chi connectivity index (χ0) is 32.7. The van der Waals surface area contributed by atoms with E-state index < -0.39 is 21.5 Å². The van der Waals surface area contributed by atoms with E-state index in [1.165, 1.54) is 17.2 Å². The van der Waals surface area contributed by atoms with E-state index in [2.05, 4.69) is 32.7 Å². The fourth-order valence-corrected chi connectivity index (χ4v) is 8.62. The fourth-order valence-electron chi connectivity index (χ4n) is 7.31. The number of benzene rings is 2. The number of hydrogen-bond donors (Lipinski definition) is 1. The number of likely N-dealkylation sites (N-methyl/N-ethyl adjacent to an activating group) is 1. The molecule has 1 amide bonds. The van der Waals surface area contributed by atoms with E-state index in [0.717, 1.165) is 55.9 Å². The van der Waals surface area contributed by atoms with Gasteiger partial charge in [-0.1, -0.05) is 29.8 Å². The molecule has 2 aliphatic carbocycles. The number of ether oxygens (including phenoxy) is 3. The van der Waals surface area contributed by atoms with Gasteiger partial charge in [-0.15, -0.1) is 0 Å². The number of aryl methyl sites for hydroxylation is 1. The molecule has 4 atom stereocenters. The molecule has 11 heteroatoms. The largest absolute Gasteiger partial charge is 0.490 e. The lowest BCUT2D eigenvalue weighted by molar-refractivity contribution is -0.139. The molecule has 0 radical (unpaired) electrons. The number of carbonyl (C=O) groups excluding carboxylic acids is 1. The summed E-state index contributed by atoms with van der Waals surface area (Å²) in [5.41, 5.74) is 1.57. The van der Waals surface area contributed by atoms with Gasteiger partial charge >= 0.3 is 0 Å². The minimum absolute atomic E-state index is 0.0119. The quantitative estimate of drug-likeness (QED) is 0.456. The van der Waals surface area contributed by atoms with Crippen molar-refractivity contribution in [1.82, 2.24) is 9.62 Å². The van der Waals surface area contributed by atoms with Crippen LogP contribution in [0.2, 0.25) is 5.02 Å². The van der Waals surface area contributed by atoms with Gasteiger partial charge in [-0.25, -0.2) is 13.1 Å². The molecule has 1 spiro atoms. The maximum Gasteiger partial charge on any atom is 0.265 e. The molecule has 1 fully saturated rings. The first-order valence-corrected chi connectivity index (χ1v) is 18.2.